The van der Waals surface area contributed by atoms with E-state index in [2.05, 4.69) is 6.58 Å². The Morgan fingerprint density at radius 2 is 1.94 bits per heavy atom. The monoisotopic (exact) mass is 232 g/mol. The minimum absolute atomic E-state index is 0.215. The van der Waals surface area contributed by atoms with Crippen LogP contribution in [0.15, 0.2) is 48.8 Å². The van der Waals surface area contributed by atoms with Crippen LogP contribution in [-0.2, 0) is 4.79 Å². The van der Waals surface area contributed by atoms with Crippen LogP contribution in [0.5, 0.6) is 11.5 Å². The van der Waals surface area contributed by atoms with Crippen LogP contribution in [-0.4, -0.2) is 21.1 Å². The SMILES string of the molecule is C=C/C(O)=C/C(=O)C=Cc1ccc(O)c(O)c1. The molecule has 17 heavy (non-hydrogen) atoms. The van der Waals surface area contributed by atoms with Crippen LogP contribution in [0.25, 0.3) is 6.08 Å². The average molecular weight is 232 g/mol. The van der Waals surface area contributed by atoms with Gasteiger partial charge >= 0.3 is 0 Å². The third kappa shape index (κ3) is 3.87. The van der Waals surface area contributed by atoms with Crippen molar-refractivity contribution in [1.82, 2.24) is 0 Å². The molecule has 0 aliphatic rings. The fraction of sp³-hybridized carbons (Fsp3) is 0. The first-order valence-corrected chi connectivity index (χ1v) is 4.80. The van der Waals surface area contributed by atoms with Gasteiger partial charge in [-0.25, -0.2) is 0 Å². The number of rotatable bonds is 4. The van der Waals surface area contributed by atoms with Crippen molar-refractivity contribution >= 4 is 11.9 Å². The molecule has 4 heteroatoms. The summed E-state index contributed by atoms with van der Waals surface area (Å²) < 4.78 is 0. The molecule has 4 nitrogen and oxygen atoms in total. The minimum Gasteiger partial charge on any atom is -0.508 e. The number of aliphatic hydroxyl groups excluding tert-OH is 1. The van der Waals surface area contributed by atoms with Crippen molar-refractivity contribution in [2.45, 2.75) is 0 Å². The summed E-state index contributed by atoms with van der Waals surface area (Å²) in [5.41, 5.74) is 0.556. The Hall–Kier alpha value is -2.49. The molecule has 0 atom stereocenters. The molecule has 0 amide bonds. The number of hydrogen-bond acceptors (Lipinski definition) is 4. The second-order valence-corrected chi connectivity index (χ2v) is 3.26. The Bertz CT molecular complexity index is 498. The number of phenols is 2. The minimum atomic E-state index is -0.407. The summed E-state index contributed by atoms with van der Waals surface area (Å²) >= 11 is 0. The molecule has 0 heterocycles. The Kier molecular flexibility index (Phi) is 4.11. The second-order valence-electron chi connectivity index (χ2n) is 3.26. The summed E-state index contributed by atoms with van der Waals surface area (Å²) in [6.45, 7) is 3.30. The lowest BCUT2D eigenvalue weighted by atomic mass is 10.1. The largest absolute Gasteiger partial charge is 0.508 e. The summed E-state index contributed by atoms with van der Waals surface area (Å²) in [5, 5.41) is 27.3. The van der Waals surface area contributed by atoms with Crippen LogP contribution in [0, 0.1) is 0 Å². The van der Waals surface area contributed by atoms with E-state index in [1.807, 2.05) is 0 Å². The maximum Gasteiger partial charge on any atom is 0.182 e. The van der Waals surface area contributed by atoms with Crippen LogP contribution in [0.3, 0.4) is 0 Å². The molecule has 0 spiro atoms. The quantitative estimate of drug-likeness (QED) is 0.322. The van der Waals surface area contributed by atoms with Crippen LogP contribution < -0.4 is 0 Å². The van der Waals surface area contributed by atoms with Gasteiger partial charge in [0.15, 0.2) is 17.3 Å². The third-order valence-corrected chi connectivity index (χ3v) is 1.94. The van der Waals surface area contributed by atoms with Crippen molar-refractivity contribution in [3.05, 3.63) is 54.3 Å². The molecular weight excluding hydrogens is 220 g/mol. The van der Waals surface area contributed by atoms with Gasteiger partial charge in [0.25, 0.3) is 0 Å². The first-order chi connectivity index (χ1) is 8.02. The van der Waals surface area contributed by atoms with Gasteiger partial charge in [-0.15, -0.1) is 0 Å². The third-order valence-electron chi connectivity index (χ3n) is 1.94. The van der Waals surface area contributed by atoms with Gasteiger partial charge in [-0.3, -0.25) is 4.79 Å². The topological polar surface area (TPSA) is 77.8 Å². The molecule has 0 bridgehead atoms. The summed E-state index contributed by atoms with van der Waals surface area (Å²) in [7, 11) is 0. The van der Waals surface area contributed by atoms with E-state index in [1.165, 1.54) is 30.4 Å². The number of aliphatic hydroxyl groups is 1. The number of aromatic hydroxyl groups is 2. The van der Waals surface area contributed by atoms with E-state index >= 15 is 0 Å². The van der Waals surface area contributed by atoms with Crippen molar-refractivity contribution in [2.24, 2.45) is 0 Å². The Morgan fingerprint density at radius 1 is 1.24 bits per heavy atom. The highest BCUT2D eigenvalue weighted by Gasteiger charge is 1.98. The van der Waals surface area contributed by atoms with Crippen molar-refractivity contribution in [3.63, 3.8) is 0 Å². The maximum absolute atomic E-state index is 11.3. The zero-order chi connectivity index (χ0) is 12.8. The Balaban J connectivity index is 2.80. The molecule has 0 unspecified atom stereocenters. The molecule has 0 saturated heterocycles. The van der Waals surface area contributed by atoms with Gasteiger partial charge < -0.3 is 15.3 Å². The number of phenolic OH excluding ortho intramolecular Hbond substituents is 2. The first-order valence-electron chi connectivity index (χ1n) is 4.80. The lowest BCUT2D eigenvalue weighted by Crippen LogP contribution is -1.88. The van der Waals surface area contributed by atoms with Gasteiger partial charge in [0, 0.05) is 6.08 Å². The summed E-state index contributed by atoms with van der Waals surface area (Å²) in [5.74, 6) is -1.11. The standard InChI is InChI=1S/C13H12O4/c1-2-10(14)8-11(15)5-3-9-4-6-12(16)13(17)7-9/h2-8,14,16-17H,1H2/b5-3?,10-8-. The highest BCUT2D eigenvalue weighted by molar-refractivity contribution is 6.02. The number of allylic oxidation sites excluding steroid dienone is 3. The number of hydrogen-bond donors (Lipinski definition) is 3. The second kappa shape index (κ2) is 5.55. The maximum atomic E-state index is 11.3. The highest BCUT2D eigenvalue weighted by atomic mass is 16.3. The molecule has 3 N–H and O–H groups in total. The van der Waals surface area contributed by atoms with E-state index in [0.717, 1.165) is 12.2 Å². The highest BCUT2D eigenvalue weighted by Crippen LogP contribution is 2.25. The summed E-state index contributed by atoms with van der Waals surface area (Å²) in [6.07, 6.45) is 4.85. The molecule has 1 aromatic carbocycles. The van der Waals surface area contributed by atoms with Crippen LogP contribution >= 0.6 is 0 Å². The van der Waals surface area contributed by atoms with E-state index in [0.29, 0.717) is 5.56 Å². The van der Waals surface area contributed by atoms with E-state index in [-0.39, 0.29) is 17.3 Å². The lowest BCUT2D eigenvalue weighted by molar-refractivity contribution is -0.110. The molecule has 88 valence electrons. The summed E-state index contributed by atoms with van der Waals surface area (Å²) in [4.78, 5) is 11.3. The van der Waals surface area contributed by atoms with E-state index in [4.69, 9.17) is 10.2 Å². The van der Waals surface area contributed by atoms with Crippen molar-refractivity contribution in [3.8, 4) is 11.5 Å². The van der Waals surface area contributed by atoms with Gasteiger partial charge in [0.1, 0.15) is 5.76 Å². The van der Waals surface area contributed by atoms with Crippen molar-refractivity contribution in [2.75, 3.05) is 0 Å². The number of ketones is 1. The van der Waals surface area contributed by atoms with Crippen LogP contribution in [0.1, 0.15) is 5.56 Å². The predicted octanol–water partition coefficient (Wildman–Crippen LogP) is 2.31. The molecular formula is C13H12O4. The van der Waals surface area contributed by atoms with Gasteiger partial charge in [-0.1, -0.05) is 18.7 Å². The van der Waals surface area contributed by atoms with Crippen LogP contribution in [0.4, 0.5) is 0 Å². The zero-order valence-electron chi connectivity index (χ0n) is 9.00. The number of carbonyl (C=O) groups excluding carboxylic acids is 1. The molecule has 0 aliphatic heterocycles. The first kappa shape index (κ1) is 12.6. The Morgan fingerprint density at radius 3 is 2.53 bits per heavy atom. The fourth-order valence-corrected chi connectivity index (χ4v) is 1.08. The molecule has 1 aromatic rings. The summed E-state index contributed by atoms with van der Waals surface area (Å²) in [6, 6.07) is 4.17. The molecule has 0 radical (unpaired) electrons. The fourth-order valence-electron chi connectivity index (χ4n) is 1.08. The van der Waals surface area contributed by atoms with Gasteiger partial charge in [-0.2, -0.15) is 0 Å². The van der Waals surface area contributed by atoms with Crippen molar-refractivity contribution < 1.29 is 20.1 Å². The smallest absolute Gasteiger partial charge is 0.182 e. The van der Waals surface area contributed by atoms with Crippen molar-refractivity contribution in [1.29, 1.82) is 0 Å². The van der Waals surface area contributed by atoms with Crippen LogP contribution in [0.2, 0.25) is 0 Å². The molecule has 0 aliphatic carbocycles. The van der Waals surface area contributed by atoms with Gasteiger partial charge in [-0.05, 0) is 29.8 Å². The number of carbonyl (C=O) groups is 1. The lowest BCUT2D eigenvalue weighted by Gasteiger charge is -1.97. The molecule has 0 saturated carbocycles. The normalized spacial score (nSPS) is 11.6. The molecule has 1 rings (SSSR count). The predicted molar refractivity (Wildman–Crippen MR) is 64.7 cm³/mol. The molecule has 0 fully saturated rings. The van der Waals surface area contributed by atoms with E-state index < -0.39 is 5.78 Å². The average Bonchev–Trinajstić information content (AvgIpc) is 2.30. The van der Waals surface area contributed by atoms with E-state index in [9.17, 15) is 9.90 Å². The zero-order valence-corrected chi connectivity index (χ0v) is 9.00. The van der Waals surface area contributed by atoms with E-state index in [1.54, 1.807) is 0 Å². The number of benzene rings is 1. The van der Waals surface area contributed by atoms with Gasteiger partial charge in [0.05, 0.1) is 0 Å². The van der Waals surface area contributed by atoms with Gasteiger partial charge in [0.2, 0.25) is 0 Å². The molecule has 0 aromatic heterocycles. The Labute approximate surface area is 98.5 Å².